The van der Waals surface area contributed by atoms with Crippen molar-refractivity contribution in [2.75, 3.05) is 19.1 Å². The molecule has 7 nitrogen and oxygen atoms in total. The molecular weight excluding hydrogens is 460 g/mol. The van der Waals surface area contributed by atoms with Gasteiger partial charge in [0.15, 0.2) is 5.11 Å². The van der Waals surface area contributed by atoms with Crippen molar-refractivity contribution >= 4 is 29.0 Å². The Labute approximate surface area is 208 Å². The number of anilines is 1. The van der Waals surface area contributed by atoms with E-state index in [1.165, 1.54) is 7.11 Å². The van der Waals surface area contributed by atoms with Gasteiger partial charge in [0.1, 0.15) is 11.8 Å². The van der Waals surface area contributed by atoms with Crippen LogP contribution in [0.25, 0.3) is 5.69 Å². The molecule has 1 saturated heterocycles. The van der Waals surface area contributed by atoms with Gasteiger partial charge in [-0.15, -0.1) is 0 Å². The van der Waals surface area contributed by atoms with Crippen LogP contribution in [0.4, 0.5) is 5.69 Å². The average Bonchev–Trinajstić information content (AvgIpc) is 3.53. The van der Waals surface area contributed by atoms with Crippen LogP contribution in [0.15, 0.2) is 91.3 Å². The maximum absolute atomic E-state index is 12.2. The van der Waals surface area contributed by atoms with Crippen molar-refractivity contribution < 1.29 is 14.3 Å². The third-order valence-electron chi connectivity index (χ3n) is 6.08. The number of aromatic nitrogens is 2. The topological polar surface area (TPSA) is 68.6 Å². The van der Waals surface area contributed by atoms with Gasteiger partial charge in [-0.2, -0.15) is 0 Å². The number of nitrogens with zero attached hydrogens (tertiary/aromatic N) is 3. The quantitative estimate of drug-likeness (QED) is 0.310. The van der Waals surface area contributed by atoms with Crippen molar-refractivity contribution in [3.63, 3.8) is 0 Å². The summed E-state index contributed by atoms with van der Waals surface area (Å²) < 4.78 is 12.3. The fourth-order valence-electron chi connectivity index (χ4n) is 4.45. The molecule has 3 heterocycles. The molecule has 1 aliphatic heterocycles. The first-order chi connectivity index (χ1) is 17.1. The molecule has 0 saturated carbocycles. The molecule has 0 radical (unpaired) electrons. The van der Waals surface area contributed by atoms with Crippen molar-refractivity contribution in [1.29, 1.82) is 0 Å². The van der Waals surface area contributed by atoms with E-state index in [4.69, 9.17) is 21.7 Å². The van der Waals surface area contributed by atoms with Gasteiger partial charge in [-0.25, -0.2) is 4.79 Å². The second kappa shape index (κ2) is 9.60. The number of hydrogen-bond acceptors (Lipinski definition) is 5. The van der Waals surface area contributed by atoms with E-state index >= 15 is 0 Å². The fourth-order valence-corrected chi connectivity index (χ4v) is 4.79. The third kappa shape index (κ3) is 4.24. The summed E-state index contributed by atoms with van der Waals surface area (Å²) in [5.74, 6) is 0.392. The van der Waals surface area contributed by atoms with Gasteiger partial charge in [0, 0.05) is 29.5 Å². The molecule has 0 bridgehead atoms. The first-order valence-electron chi connectivity index (χ1n) is 11.1. The molecule has 2 aromatic carbocycles. The average molecular weight is 485 g/mol. The van der Waals surface area contributed by atoms with Gasteiger partial charge >= 0.3 is 5.97 Å². The summed E-state index contributed by atoms with van der Waals surface area (Å²) in [5, 5.41) is 4.08. The number of nitrogens with one attached hydrogen (secondary N) is 1. The number of hydrogen-bond donors (Lipinski definition) is 1. The Kier molecular flexibility index (Phi) is 6.20. The van der Waals surface area contributed by atoms with Gasteiger partial charge in [0.25, 0.3) is 0 Å². The van der Waals surface area contributed by atoms with E-state index in [2.05, 4.69) is 25.8 Å². The smallest absolute Gasteiger partial charge is 0.337 e. The maximum Gasteiger partial charge on any atom is 0.337 e. The molecule has 0 aliphatic carbocycles. The van der Waals surface area contributed by atoms with Gasteiger partial charge in [0.05, 0.1) is 31.5 Å². The lowest BCUT2D eigenvalue weighted by Gasteiger charge is -2.29. The van der Waals surface area contributed by atoms with Crippen LogP contribution in [0, 0.1) is 0 Å². The maximum atomic E-state index is 12.2. The lowest BCUT2D eigenvalue weighted by molar-refractivity contribution is 0.0600. The van der Waals surface area contributed by atoms with Gasteiger partial charge in [-0.05, 0) is 78.9 Å². The van der Waals surface area contributed by atoms with Crippen LogP contribution in [-0.2, 0) is 4.74 Å². The zero-order valence-corrected chi connectivity index (χ0v) is 20.1. The monoisotopic (exact) mass is 484 g/mol. The normalized spacial score (nSPS) is 17.2. The molecule has 1 aliphatic rings. The Morgan fingerprint density at radius 2 is 1.80 bits per heavy atom. The van der Waals surface area contributed by atoms with E-state index in [0.717, 1.165) is 28.5 Å². The number of ether oxygens (including phenoxy) is 2. The second-order valence-electron chi connectivity index (χ2n) is 8.04. The van der Waals surface area contributed by atoms with Crippen LogP contribution in [0.5, 0.6) is 5.75 Å². The summed E-state index contributed by atoms with van der Waals surface area (Å²) in [5.41, 5.74) is 4.14. The minimum atomic E-state index is -0.379. The molecule has 35 heavy (non-hydrogen) atoms. The molecule has 0 spiro atoms. The van der Waals surface area contributed by atoms with Crippen LogP contribution in [0.2, 0.25) is 0 Å². The van der Waals surface area contributed by atoms with Gasteiger partial charge in [0.2, 0.25) is 0 Å². The Balaban J connectivity index is 1.64. The number of pyridine rings is 1. The summed E-state index contributed by atoms with van der Waals surface area (Å²) in [6, 6.07) is 24.7. The number of rotatable bonds is 6. The number of carbonyl (C=O) groups is 1. The van der Waals surface area contributed by atoms with Crippen LogP contribution >= 0.6 is 12.2 Å². The summed E-state index contributed by atoms with van der Waals surface area (Å²) in [4.78, 5) is 18.9. The highest BCUT2D eigenvalue weighted by Crippen LogP contribution is 2.42. The van der Waals surface area contributed by atoms with Crippen LogP contribution < -0.4 is 15.0 Å². The first-order valence-corrected chi connectivity index (χ1v) is 11.5. The molecule has 176 valence electrons. The van der Waals surface area contributed by atoms with Crippen molar-refractivity contribution in [3.05, 3.63) is 108 Å². The van der Waals surface area contributed by atoms with Gasteiger partial charge < -0.3 is 24.3 Å². The van der Waals surface area contributed by atoms with Crippen molar-refractivity contribution in [2.24, 2.45) is 0 Å². The molecular formula is C27H24N4O3S. The molecule has 5 rings (SSSR count). The molecule has 2 aromatic heterocycles. The van der Waals surface area contributed by atoms with E-state index in [1.54, 1.807) is 19.4 Å². The summed E-state index contributed by atoms with van der Waals surface area (Å²) in [7, 11) is 3.03. The van der Waals surface area contributed by atoms with E-state index in [9.17, 15) is 4.79 Å². The Bertz CT molecular complexity index is 1350. The molecule has 4 aromatic rings. The number of carbonyl (C=O) groups excluding carboxylic acids is 1. The Hall–Kier alpha value is -4.17. The number of methoxy groups -OCH3 is 2. The first kappa shape index (κ1) is 22.6. The summed E-state index contributed by atoms with van der Waals surface area (Å²) in [6.45, 7) is 0. The Morgan fingerprint density at radius 3 is 2.51 bits per heavy atom. The SMILES string of the molecule is COC(=O)c1cccc(-n2cccc2C2C(c3ccccn3)NC(=S)N2c2ccc(OC)cc2)c1. The fraction of sp³-hybridized carbons (Fsp3) is 0.148. The highest BCUT2D eigenvalue weighted by Gasteiger charge is 2.42. The molecule has 1 N–H and O–H groups in total. The van der Waals surface area contributed by atoms with E-state index in [1.807, 2.05) is 72.9 Å². The zero-order valence-electron chi connectivity index (χ0n) is 19.3. The zero-order chi connectivity index (χ0) is 24.4. The van der Waals surface area contributed by atoms with E-state index in [-0.39, 0.29) is 18.1 Å². The predicted octanol–water partition coefficient (Wildman–Crippen LogP) is 4.84. The number of esters is 1. The van der Waals surface area contributed by atoms with Crippen molar-refractivity contribution in [1.82, 2.24) is 14.9 Å². The minimum Gasteiger partial charge on any atom is -0.497 e. The second-order valence-corrected chi connectivity index (χ2v) is 8.43. The molecule has 2 unspecified atom stereocenters. The van der Waals surface area contributed by atoms with E-state index < -0.39 is 0 Å². The number of benzene rings is 2. The van der Waals surface area contributed by atoms with E-state index in [0.29, 0.717) is 10.7 Å². The molecule has 1 fully saturated rings. The largest absolute Gasteiger partial charge is 0.497 e. The highest BCUT2D eigenvalue weighted by molar-refractivity contribution is 7.80. The highest BCUT2D eigenvalue weighted by atomic mass is 32.1. The lowest BCUT2D eigenvalue weighted by Crippen LogP contribution is -2.30. The predicted molar refractivity (Wildman–Crippen MR) is 138 cm³/mol. The van der Waals surface area contributed by atoms with Crippen molar-refractivity contribution in [3.8, 4) is 11.4 Å². The molecule has 2 atom stereocenters. The summed E-state index contributed by atoms with van der Waals surface area (Å²) >= 11 is 5.83. The number of thiocarbonyl (C=S) groups is 1. The lowest BCUT2D eigenvalue weighted by atomic mass is 10.0. The van der Waals surface area contributed by atoms with Crippen LogP contribution in [0.1, 0.15) is 33.8 Å². The third-order valence-corrected chi connectivity index (χ3v) is 6.39. The van der Waals surface area contributed by atoms with Crippen LogP contribution in [-0.4, -0.2) is 34.9 Å². The summed E-state index contributed by atoms with van der Waals surface area (Å²) in [6.07, 6.45) is 3.76. The van der Waals surface area contributed by atoms with Crippen LogP contribution in [0.3, 0.4) is 0 Å². The molecule has 8 heteroatoms. The minimum absolute atomic E-state index is 0.191. The Morgan fingerprint density at radius 1 is 0.971 bits per heavy atom. The van der Waals surface area contributed by atoms with Crippen molar-refractivity contribution in [2.45, 2.75) is 12.1 Å². The van der Waals surface area contributed by atoms with Gasteiger partial charge in [-0.3, -0.25) is 4.98 Å². The van der Waals surface area contributed by atoms with Gasteiger partial charge in [-0.1, -0.05) is 12.1 Å². The standard InChI is InChI=1S/C27H24N4O3S/c1-33-21-13-11-19(12-14-21)31-25(24(29-27(31)35)22-9-3-4-15-28-22)23-10-6-16-30(23)20-8-5-7-18(17-20)26(32)34-2/h3-17,24-25H,1-2H3,(H,29,35). The molecule has 0 amide bonds.